The zero-order valence-electron chi connectivity index (χ0n) is 22.0. The van der Waals surface area contributed by atoms with Crippen LogP contribution in [-0.2, 0) is 10.0 Å². The topological polar surface area (TPSA) is 81.1 Å². The fourth-order valence-corrected chi connectivity index (χ4v) is 8.34. The summed E-state index contributed by atoms with van der Waals surface area (Å²) in [4.78, 5) is 2.44. The first kappa shape index (κ1) is 27.1. The van der Waals surface area contributed by atoms with Gasteiger partial charge < -0.3 is 15.1 Å². The smallest absolute Gasteiger partial charge is 0.211 e. The summed E-state index contributed by atoms with van der Waals surface area (Å²) < 4.78 is 25.2. The lowest BCUT2D eigenvalue weighted by Gasteiger charge is -2.45. The Kier molecular flexibility index (Phi) is 8.33. The second-order valence-electron chi connectivity index (χ2n) is 11.9. The zero-order chi connectivity index (χ0) is 25.4. The van der Waals surface area contributed by atoms with Crippen LogP contribution in [0.25, 0.3) is 0 Å². The van der Waals surface area contributed by atoms with Gasteiger partial charge in [0.15, 0.2) is 0 Å². The molecule has 3 aliphatic carbocycles. The van der Waals surface area contributed by atoms with Crippen LogP contribution in [0.4, 0.5) is 0 Å². The number of aliphatic hydroxyl groups excluding tert-OH is 2. The van der Waals surface area contributed by atoms with Gasteiger partial charge >= 0.3 is 0 Å². The minimum absolute atomic E-state index is 0.344. The standard InChI is InChI=1S/C28H46N2O4S/c1-20(11-13-29-14-16-30(17-15-29)35(4,33)34)24-9-10-25-23(6-5-12-28(24,25)3)8-7-22-18-26(31)21(2)27(32)19-22/h7-8,20,24-27,31-32H,2,5-6,9-19H2,1,3-4H3/b22-7-,23-8?/t20?,24-,25+,26-,27+,28-/m1/s1. The van der Waals surface area contributed by atoms with Crippen LogP contribution in [-0.4, -0.2) is 79.0 Å². The molecule has 198 valence electrons. The quantitative estimate of drug-likeness (QED) is 0.537. The SMILES string of the molecule is C=C1[C@H](O)C/C(=C/C=C2CCC[C@]3(C)[C@@H](C(C)CCN4CCN(S(C)(=O)=O)CC4)CC[C@@H]23)C[C@@H]1O. The summed E-state index contributed by atoms with van der Waals surface area (Å²) in [6, 6.07) is 0. The molecular weight excluding hydrogens is 460 g/mol. The van der Waals surface area contributed by atoms with Crippen LogP contribution in [0.1, 0.15) is 65.2 Å². The van der Waals surface area contributed by atoms with E-state index in [0.717, 1.165) is 37.5 Å². The molecule has 0 bridgehead atoms. The molecule has 3 saturated carbocycles. The summed E-state index contributed by atoms with van der Waals surface area (Å²) in [6.07, 6.45) is 13.1. The molecule has 6 atom stereocenters. The highest BCUT2D eigenvalue weighted by molar-refractivity contribution is 7.88. The highest BCUT2D eigenvalue weighted by Crippen LogP contribution is 2.59. The molecule has 1 saturated heterocycles. The summed E-state index contributed by atoms with van der Waals surface area (Å²) in [7, 11) is -3.07. The number of nitrogens with zero attached hydrogens (tertiary/aromatic N) is 2. The van der Waals surface area contributed by atoms with Gasteiger partial charge in [-0.1, -0.05) is 43.7 Å². The Balaban J connectivity index is 1.35. The van der Waals surface area contributed by atoms with Crippen LogP contribution in [0.3, 0.4) is 0 Å². The van der Waals surface area contributed by atoms with Crippen LogP contribution >= 0.6 is 0 Å². The molecule has 1 aliphatic heterocycles. The highest BCUT2D eigenvalue weighted by atomic mass is 32.2. The molecule has 0 radical (unpaired) electrons. The lowest BCUT2D eigenvalue weighted by molar-refractivity contribution is 0.0853. The van der Waals surface area contributed by atoms with Crippen molar-refractivity contribution < 1.29 is 18.6 Å². The zero-order valence-corrected chi connectivity index (χ0v) is 22.8. The van der Waals surface area contributed by atoms with Gasteiger partial charge in [-0.25, -0.2) is 8.42 Å². The Morgan fingerprint density at radius 2 is 1.77 bits per heavy atom. The first-order valence-electron chi connectivity index (χ1n) is 13.6. The van der Waals surface area contributed by atoms with Gasteiger partial charge in [0.1, 0.15) is 0 Å². The third-order valence-electron chi connectivity index (χ3n) is 9.73. The van der Waals surface area contributed by atoms with Crippen LogP contribution in [0.5, 0.6) is 0 Å². The van der Waals surface area contributed by atoms with E-state index in [4.69, 9.17) is 0 Å². The first-order chi connectivity index (χ1) is 16.5. The Morgan fingerprint density at radius 1 is 1.11 bits per heavy atom. The number of aliphatic hydroxyl groups is 2. The van der Waals surface area contributed by atoms with E-state index in [-0.39, 0.29) is 0 Å². The summed E-state index contributed by atoms with van der Waals surface area (Å²) in [5, 5.41) is 20.4. The predicted octanol–water partition coefficient (Wildman–Crippen LogP) is 3.73. The molecule has 0 aromatic heterocycles. The van der Waals surface area contributed by atoms with Gasteiger partial charge in [0.25, 0.3) is 0 Å². The predicted molar refractivity (Wildman–Crippen MR) is 141 cm³/mol. The van der Waals surface area contributed by atoms with E-state index >= 15 is 0 Å². The van der Waals surface area contributed by atoms with E-state index in [2.05, 4.69) is 37.5 Å². The lowest BCUT2D eigenvalue weighted by atomic mass is 9.61. The summed E-state index contributed by atoms with van der Waals surface area (Å²) >= 11 is 0. The largest absolute Gasteiger partial charge is 0.388 e. The molecule has 2 N–H and O–H groups in total. The van der Waals surface area contributed by atoms with Crippen molar-refractivity contribution in [3.63, 3.8) is 0 Å². The minimum Gasteiger partial charge on any atom is -0.388 e. The van der Waals surface area contributed by atoms with Crippen LogP contribution in [0.15, 0.2) is 35.5 Å². The number of sulfonamides is 1. The van der Waals surface area contributed by atoms with Gasteiger partial charge in [-0.15, -0.1) is 0 Å². The molecule has 1 heterocycles. The fourth-order valence-electron chi connectivity index (χ4n) is 7.51. The van der Waals surface area contributed by atoms with Crippen molar-refractivity contribution in [2.24, 2.45) is 23.2 Å². The van der Waals surface area contributed by atoms with Crippen LogP contribution in [0.2, 0.25) is 0 Å². The van der Waals surface area contributed by atoms with Crippen molar-refractivity contribution in [3.05, 3.63) is 35.5 Å². The number of piperazine rings is 1. The fraction of sp³-hybridized carbons (Fsp3) is 0.786. The first-order valence-corrected chi connectivity index (χ1v) is 15.4. The molecular formula is C28H46N2O4S. The van der Waals surface area contributed by atoms with Crippen molar-refractivity contribution in [2.45, 2.75) is 77.4 Å². The maximum atomic E-state index is 11.8. The average Bonchev–Trinajstić information content (AvgIpc) is 3.16. The molecule has 4 fully saturated rings. The molecule has 4 rings (SSSR count). The van der Waals surface area contributed by atoms with Crippen molar-refractivity contribution in [2.75, 3.05) is 39.0 Å². The van der Waals surface area contributed by atoms with Crippen LogP contribution < -0.4 is 0 Å². The summed E-state index contributed by atoms with van der Waals surface area (Å²) in [6.45, 7) is 12.7. The Hall–Kier alpha value is -0.990. The van der Waals surface area contributed by atoms with Crippen molar-refractivity contribution in [1.29, 1.82) is 0 Å². The molecule has 0 aromatic rings. The second kappa shape index (κ2) is 10.8. The molecule has 0 aromatic carbocycles. The maximum absolute atomic E-state index is 11.8. The number of hydrogen-bond acceptors (Lipinski definition) is 5. The van der Waals surface area contributed by atoms with E-state index in [9.17, 15) is 18.6 Å². The Morgan fingerprint density at radius 3 is 2.40 bits per heavy atom. The summed E-state index contributed by atoms with van der Waals surface area (Å²) in [5.74, 6) is 2.01. The third-order valence-corrected chi connectivity index (χ3v) is 11.0. The monoisotopic (exact) mass is 506 g/mol. The average molecular weight is 507 g/mol. The Labute approximate surface area is 212 Å². The van der Waals surface area contributed by atoms with Crippen molar-refractivity contribution in [3.8, 4) is 0 Å². The third kappa shape index (κ3) is 5.96. The van der Waals surface area contributed by atoms with E-state index in [1.807, 2.05) is 0 Å². The van der Waals surface area contributed by atoms with Gasteiger partial charge in [0, 0.05) is 26.2 Å². The van der Waals surface area contributed by atoms with E-state index in [1.165, 1.54) is 38.4 Å². The van der Waals surface area contributed by atoms with Gasteiger partial charge in [-0.2, -0.15) is 4.31 Å². The van der Waals surface area contributed by atoms with E-state index < -0.39 is 22.2 Å². The molecule has 0 spiro atoms. The van der Waals surface area contributed by atoms with Crippen molar-refractivity contribution in [1.82, 2.24) is 9.21 Å². The molecule has 7 heteroatoms. The normalized spacial score (nSPS) is 38.7. The second-order valence-corrected chi connectivity index (χ2v) is 13.9. The summed E-state index contributed by atoms with van der Waals surface area (Å²) in [5.41, 5.74) is 3.57. The molecule has 6 nitrogen and oxygen atoms in total. The minimum atomic E-state index is -3.07. The molecule has 1 unspecified atom stereocenters. The molecule has 0 amide bonds. The van der Waals surface area contributed by atoms with E-state index in [1.54, 1.807) is 9.88 Å². The molecule has 35 heavy (non-hydrogen) atoms. The van der Waals surface area contributed by atoms with Crippen molar-refractivity contribution >= 4 is 10.0 Å². The number of allylic oxidation sites excluding steroid dienone is 3. The number of fused-ring (bicyclic) bond motifs is 1. The van der Waals surface area contributed by atoms with E-state index in [0.29, 0.717) is 48.8 Å². The number of hydrogen-bond donors (Lipinski definition) is 2. The van der Waals surface area contributed by atoms with Gasteiger partial charge in [0.2, 0.25) is 10.0 Å². The van der Waals surface area contributed by atoms with Crippen LogP contribution in [0, 0.1) is 23.2 Å². The lowest BCUT2D eigenvalue weighted by Crippen LogP contribution is -2.48. The number of rotatable bonds is 6. The highest BCUT2D eigenvalue weighted by Gasteiger charge is 2.50. The van der Waals surface area contributed by atoms with Gasteiger partial charge in [-0.05, 0) is 86.7 Å². The maximum Gasteiger partial charge on any atom is 0.211 e. The van der Waals surface area contributed by atoms with Gasteiger partial charge in [0.05, 0.1) is 18.5 Å². The molecule has 4 aliphatic rings. The van der Waals surface area contributed by atoms with Gasteiger partial charge in [-0.3, -0.25) is 0 Å². The Bertz CT molecular complexity index is 934.